The van der Waals surface area contributed by atoms with Gasteiger partial charge in [0, 0.05) is 11.1 Å². The fraction of sp³-hybridized carbons (Fsp3) is 0.182. The minimum absolute atomic E-state index is 0.447. The summed E-state index contributed by atoms with van der Waals surface area (Å²) in [6.07, 6.45) is 0. The first-order valence-corrected chi connectivity index (χ1v) is 6.60. The fourth-order valence-corrected chi connectivity index (χ4v) is 2.37. The van der Waals surface area contributed by atoms with Crippen molar-refractivity contribution in [2.24, 2.45) is 0 Å². The van der Waals surface area contributed by atoms with Crippen molar-refractivity contribution in [3.63, 3.8) is 0 Å². The minimum atomic E-state index is 0.447. The number of ether oxygens (including phenoxy) is 1. The van der Waals surface area contributed by atoms with E-state index in [1.165, 1.54) is 0 Å². The number of benzene rings is 1. The SMILES string of the molecule is SCc1csc(COc2ccccc2Cl)n1. The summed E-state index contributed by atoms with van der Waals surface area (Å²) in [7, 11) is 0. The summed E-state index contributed by atoms with van der Waals surface area (Å²) in [4.78, 5) is 4.35. The van der Waals surface area contributed by atoms with Crippen LogP contribution in [0.4, 0.5) is 0 Å². The van der Waals surface area contributed by atoms with Crippen LogP contribution in [-0.2, 0) is 12.4 Å². The largest absolute Gasteiger partial charge is 0.485 e. The number of thiol groups is 1. The van der Waals surface area contributed by atoms with Gasteiger partial charge in [-0.3, -0.25) is 0 Å². The normalized spacial score (nSPS) is 10.4. The standard InChI is InChI=1S/C11H10ClNOS2/c12-9-3-1-2-4-10(9)14-5-11-13-8(6-15)7-16-11/h1-4,7,15H,5-6H2. The van der Waals surface area contributed by atoms with Gasteiger partial charge in [-0.1, -0.05) is 23.7 Å². The molecule has 0 saturated heterocycles. The van der Waals surface area contributed by atoms with Crippen LogP contribution < -0.4 is 4.74 Å². The number of halogens is 1. The second-order valence-corrected chi connectivity index (χ2v) is 4.78. The summed E-state index contributed by atoms with van der Waals surface area (Å²) in [6, 6.07) is 7.41. The number of aromatic nitrogens is 1. The summed E-state index contributed by atoms with van der Waals surface area (Å²) < 4.78 is 5.57. The predicted octanol–water partition coefficient (Wildman–Crippen LogP) is 3.81. The zero-order chi connectivity index (χ0) is 11.4. The van der Waals surface area contributed by atoms with E-state index in [0.29, 0.717) is 23.1 Å². The maximum Gasteiger partial charge on any atom is 0.140 e. The van der Waals surface area contributed by atoms with Gasteiger partial charge in [-0.25, -0.2) is 4.98 Å². The smallest absolute Gasteiger partial charge is 0.140 e. The van der Waals surface area contributed by atoms with Crippen LogP contribution in [0.3, 0.4) is 0 Å². The molecule has 2 aromatic rings. The van der Waals surface area contributed by atoms with Crippen LogP contribution in [0.15, 0.2) is 29.6 Å². The van der Waals surface area contributed by atoms with Crippen molar-refractivity contribution in [1.82, 2.24) is 4.98 Å². The van der Waals surface area contributed by atoms with Gasteiger partial charge < -0.3 is 4.74 Å². The molecule has 0 aliphatic rings. The van der Waals surface area contributed by atoms with Gasteiger partial charge >= 0.3 is 0 Å². The molecule has 84 valence electrons. The highest BCUT2D eigenvalue weighted by atomic mass is 35.5. The zero-order valence-corrected chi connectivity index (χ0v) is 10.9. The van der Waals surface area contributed by atoms with Crippen LogP contribution in [0.2, 0.25) is 5.02 Å². The summed E-state index contributed by atoms with van der Waals surface area (Å²) >= 11 is 11.7. The first-order valence-electron chi connectivity index (χ1n) is 4.71. The van der Waals surface area contributed by atoms with Gasteiger partial charge in [0.05, 0.1) is 10.7 Å². The maximum atomic E-state index is 5.97. The Morgan fingerprint density at radius 2 is 2.19 bits per heavy atom. The number of thiazole rings is 1. The second kappa shape index (κ2) is 5.57. The zero-order valence-electron chi connectivity index (χ0n) is 8.39. The lowest BCUT2D eigenvalue weighted by atomic mass is 10.3. The first kappa shape index (κ1) is 11.8. The molecule has 0 aliphatic heterocycles. The molecule has 0 saturated carbocycles. The Bertz CT molecular complexity index is 473. The molecule has 0 aliphatic carbocycles. The summed E-state index contributed by atoms with van der Waals surface area (Å²) in [5.41, 5.74) is 0.978. The van der Waals surface area contributed by atoms with Gasteiger partial charge in [0.25, 0.3) is 0 Å². The highest BCUT2D eigenvalue weighted by Crippen LogP contribution is 2.24. The van der Waals surface area contributed by atoms with Gasteiger partial charge in [-0.2, -0.15) is 12.6 Å². The van der Waals surface area contributed by atoms with E-state index < -0.39 is 0 Å². The molecule has 1 aromatic carbocycles. The topological polar surface area (TPSA) is 22.1 Å². The van der Waals surface area contributed by atoms with E-state index in [-0.39, 0.29) is 0 Å². The lowest BCUT2D eigenvalue weighted by Gasteiger charge is -2.05. The number of para-hydroxylation sites is 1. The summed E-state index contributed by atoms with van der Waals surface area (Å²) in [5, 5.41) is 3.54. The number of nitrogens with zero attached hydrogens (tertiary/aromatic N) is 1. The van der Waals surface area contributed by atoms with Crippen LogP contribution >= 0.6 is 35.6 Å². The van der Waals surface area contributed by atoms with Crippen molar-refractivity contribution < 1.29 is 4.74 Å². The lowest BCUT2D eigenvalue weighted by Crippen LogP contribution is -1.95. The molecule has 2 nitrogen and oxygen atoms in total. The van der Waals surface area contributed by atoms with Crippen LogP contribution in [0.25, 0.3) is 0 Å². The van der Waals surface area contributed by atoms with Crippen LogP contribution in [0.5, 0.6) is 5.75 Å². The average molecular weight is 272 g/mol. The predicted molar refractivity (Wildman–Crippen MR) is 70.6 cm³/mol. The Labute approximate surface area is 109 Å². The highest BCUT2D eigenvalue weighted by Gasteiger charge is 2.03. The quantitative estimate of drug-likeness (QED) is 0.855. The molecule has 0 radical (unpaired) electrons. The minimum Gasteiger partial charge on any atom is -0.485 e. The second-order valence-electron chi connectivity index (χ2n) is 3.11. The van der Waals surface area contributed by atoms with Crippen molar-refractivity contribution in [2.45, 2.75) is 12.4 Å². The molecule has 0 spiro atoms. The third-order valence-electron chi connectivity index (χ3n) is 1.95. The van der Waals surface area contributed by atoms with Crippen molar-refractivity contribution >= 4 is 35.6 Å². The number of rotatable bonds is 4. The van der Waals surface area contributed by atoms with E-state index >= 15 is 0 Å². The third-order valence-corrected chi connectivity index (χ3v) is 3.46. The monoisotopic (exact) mass is 271 g/mol. The molecular formula is C11H10ClNOS2. The average Bonchev–Trinajstić information content (AvgIpc) is 2.76. The Kier molecular flexibility index (Phi) is 4.09. The fourth-order valence-electron chi connectivity index (χ4n) is 1.19. The molecular weight excluding hydrogens is 262 g/mol. The van der Waals surface area contributed by atoms with Crippen LogP contribution in [-0.4, -0.2) is 4.98 Å². The van der Waals surface area contributed by atoms with Gasteiger partial charge in [-0.15, -0.1) is 11.3 Å². The number of hydrogen-bond acceptors (Lipinski definition) is 4. The highest BCUT2D eigenvalue weighted by molar-refractivity contribution is 7.79. The Morgan fingerprint density at radius 1 is 1.38 bits per heavy atom. The van der Waals surface area contributed by atoms with Gasteiger partial charge in [0.1, 0.15) is 17.4 Å². The van der Waals surface area contributed by atoms with E-state index in [1.807, 2.05) is 23.6 Å². The van der Waals surface area contributed by atoms with E-state index in [1.54, 1.807) is 17.4 Å². The Morgan fingerprint density at radius 3 is 2.88 bits per heavy atom. The van der Waals surface area contributed by atoms with E-state index in [9.17, 15) is 0 Å². The molecule has 0 amide bonds. The molecule has 16 heavy (non-hydrogen) atoms. The maximum absolute atomic E-state index is 5.97. The molecule has 5 heteroatoms. The molecule has 0 N–H and O–H groups in total. The van der Waals surface area contributed by atoms with Crippen molar-refractivity contribution in [2.75, 3.05) is 0 Å². The van der Waals surface area contributed by atoms with Crippen molar-refractivity contribution in [3.8, 4) is 5.75 Å². The van der Waals surface area contributed by atoms with Gasteiger partial charge in [-0.05, 0) is 12.1 Å². The van der Waals surface area contributed by atoms with Crippen molar-refractivity contribution in [1.29, 1.82) is 0 Å². The van der Waals surface area contributed by atoms with Crippen LogP contribution in [0.1, 0.15) is 10.7 Å². The lowest BCUT2D eigenvalue weighted by molar-refractivity contribution is 0.305. The first-order chi connectivity index (χ1) is 7.79. The molecule has 0 bridgehead atoms. The van der Waals surface area contributed by atoms with E-state index in [0.717, 1.165) is 10.7 Å². The number of hydrogen-bond donors (Lipinski definition) is 1. The van der Waals surface area contributed by atoms with Gasteiger partial charge in [0.2, 0.25) is 0 Å². The molecule has 0 unspecified atom stereocenters. The molecule has 0 atom stereocenters. The molecule has 0 fully saturated rings. The third kappa shape index (κ3) is 2.90. The van der Waals surface area contributed by atoms with Crippen molar-refractivity contribution in [3.05, 3.63) is 45.4 Å². The molecule has 1 aromatic heterocycles. The molecule has 2 rings (SSSR count). The van der Waals surface area contributed by atoms with E-state index in [4.69, 9.17) is 16.3 Å². The molecule has 1 heterocycles. The summed E-state index contributed by atoms with van der Waals surface area (Å²) in [5.74, 6) is 1.34. The van der Waals surface area contributed by atoms with E-state index in [2.05, 4.69) is 17.6 Å². The Hall–Kier alpha value is -0.710. The Balaban J connectivity index is 1.99. The van der Waals surface area contributed by atoms with Gasteiger partial charge in [0.15, 0.2) is 0 Å². The van der Waals surface area contributed by atoms with Crippen LogP contribution in [0, 0.1) is 0 Å². The summed E-state index contributed by atoms with van der Waals surface area (Å²) in [6.45, 7) is 0.447.